The molecule has 0 bridgehead atoms. The van der Waals surface area contributed by atoms with E-state index in [1.54, 1.807) is 0 Å². The van der Waals surface area contributed by atoms with E-state index in [9.17, 15) is 28.1 Å². The van der Waals surface area contributed by atoms with E-state index in [1.165, 1.54) is 0 Å². The predicted molar refractivity (Wildman–Crippen MR) is 46.6 cm³/mol. The molecule has 6 nitrogen and oxygen atoms in total. The van der Waals surface area contributed by atoms with Crippen LogP contribution in [0.1, 0.15) is 10.4 Å². The van der Waals surface area contributed by atoms with Gasteiger partial charge in [-0.1, -0.05) is 0 Å². The van der Waals surface area contributed by atoms with Gasteiger partial charge in [-0.25, -0.2) is 9.18 Å². The molecule has 0 aliphatic heterocycles. The van der Waals surface area contributed by atoms with Crippen molar-refractivity contribution in [3.05, 3.63) is 33.6 Å². The van der Waals surface area contributed by atoms with Crippen molar-refractivity contribution in [3.63, 3.8) is 0 Å². The van der Waals surface area contributed by atoms with Crippen molar-refractivity contribution >= 4 is 11.7 Å². The van der Waals surface area contributed by atoms with E-state index in [4.69, 9.17) is 5.11 Å². The molecule has 1 rings (SSSR count). The smallest absolute Gasteiger partial charge is 0.387 e. The molecule has 0 aliphatic rings. The normalized spacial score (nSPS) is 10.4. The Morgan fingerprint density at radius 3 is 2.47 bits per heavy atom. The van der Waals surface area contributed by atoms with Crippen LogP contribution < -0.4 is 4.74 Å². The zero-order valence-corrected chi connectivity index (χ0v) is 7.89. The third kappa shape index (κ3) is 2.83. The first-order valence-electron chi connectivity index (χ1n) is 3.99. The quantitative estimate of drug-likeness (QED) is 0.653. The second-order valence-corrected chi connectivity index (χ2v) is 2.74. The lowest BCUT2D eigenvalue weighted by Gasteiger charge is -2.07. The average molecular weight is 251 g/mol. The molecule has 0 aromatic heterocycles. The fraction of sp³-hybridized carbons (Fsp3) is 0.125. The molecular formula is C8H4F3NO5. The van der Waals surface area contributed by atoms with Crippen LogP contribution in [-0.2, 0) is 0 Å². The van der Waals surface area contributed by atoms with Crippen LogP contribution in [0.2, 0.25) is 0 Å². The van der Waals surface area contributed by atoms with Crippen LogP contribution in [-0.4, -0.2) is 22.6 Å². The number of nitro benzene ring substituents is 1. The Balaban J connectivity index is 3.46. The zero-order chi connectivity index (χ0) is 13.2. The lowest BCUT2D eigenvalue weighted by molar-refractivity contribution is -0.386. The van der Waals surface area contributed by atoms with Crippen LogP contribution >= 0.6 is 0 Å². The number of rotatable bonds is 4. The SMILES string of the molecule is O=C(O)c1cc(F)cc(OC(F)F)c1[N+](=O)[O-]. The molecule has 0 atom stereocenters. The molecule has 0 amide bonds. The lowest BCUT2D eigenvalue weighted by atomic mass is 10.1. The number of carboxylic acid groups (broad SMARTS) is 1. The zero-order valence-electron chi connectivity index (χ0n) is 7.89. The summed E-state index contributed by atoms with van der Waals surface area (Å²) in [4.78, 5) is 19.9. The van der Waals surface area contributed by atoms with E-state index in [1.807, 2.05) is 0 Å². The molecule has 0 saturated heterocycles. The third-order valence-corrected chi connectivity index (χ3v) is 1.67. The number of hydrogen-bond donors (Lipinski definition) is 1. The molecule has 1 aromatic carbocycles. The van der Waals surface area contributed by atoms with Crippen molar-refractivity contribution < 1.29 is 32.7 Å². The number of halogens is 3. The van der Waals surface area contributed by atoms with Gasteiger partial charge in [0.25, 0.3) is 0 Å². The number of carbonyl (C=O) groups is 1. The minimum absolute atomic E-state index is 0.316. The van der Waals surface area contributed by atoms with Crippen molar-refractivity contribution in [1.82, 2.24) is 0 Å². The van der Waals surface area contributed by atoms with E-state index in [0.29, 0.717) is 12.1 Å². The maximum atomic E-state index is 12.9. The van der Waals surface area contributed by atoms with Crippen molar-refractivity contribution in [2.75, 3.05) is 0 Å². The summed E-state index contributed by atoms with van der Waals surface area (Å²) in [5.74, 6) is -4.19. The second-order valence-electron chi connectivity index (χ2n) is 2.74. The highest BCUT2D eigenvalue weighted by Crippen LogP contribution is 2.33. The Labute approximate surface area is 91.4 Å². The molecule has 0 fully saturated rings. The predicted octanol–water partition coefficient (Wildman–Crippen LogP) is 2.03. The largest absolute Gasteiger partial charge is 0.477 e. The molecule has 0 heterocycles. The standard InChI is InChI=1S/C8H4F3NO5/c9-3-1-4(7(13)14)6(12(15)16)5(2-3)17-8(10)11/h1-2,8H,(H,13,14). The van der Waals surface area contributed by atoms with Crippen LogP contribution in [0.4, 0.5) is 18.9 Å². The molecular weight excluding hydrogens is 247 g/mol. The molecule has 17 heavy (non-hydrogen) atoms. The Kier molecular flexibility index (Phi) is 3.51. The van der Waals surface area contributed by atoms with Gasteiger partial charge in [0, 0.05) is 6.07 Å². The molecule has 0 unspecified atom stereocenters. The molecule has 1 aromatic rings. The maximum absolute atomic E-state index is 12.9. The van der Waals surface area contributed by atoms with E-state index >= 15 is 0 Å². The van der Waals surface area contributed by atoms with E-state index in [2.05, 4.69) is 4.74 Å². The minimum Gasteiger partial charge on any atom is -0.477 e. The summed E-state index contributed by atoms with van der Waals surface area (Å²) in [6.45, 7) is -3.43. The highest BCUT2D eigenvalue weighted by Gasteiger charge is 2.28. The fourth-order valence-electron chi connectivity index (χ4n) is 1.11. The maximum Gasteiger partial charge on any atom is 0.387 e. The van der Waals surface area contributed by atoms with Crippen LogP contribution in [0.5, 0.6) is 5.75 Å². The topological polar surface area (TPSA) is 89.7 Å². The second kappa shape index (κ2) is 4.68. The molecule has 0 aliphatic carbocycles. The first-order chi connectivity index (χ1) is 7.82. The van der Waals surface area contributed by atoms with Crippen LogP contribution in [0, 0.1) is 15.9 Å². The van der Waals surface area contributed by atoms with Gasteiger partial charge in [0.1, 0.15) is 11.4 Å². The van der Waals surface area contributed by atoms with Crippen LogP contribution in [0.15, 0.2) is 12.1 Å². The number of benzene rings is 1. The average Bonchev–Trinajstić information content (AvgIpc) is 2.14. The summed E-state index contributed by atoms with van der Waals surface area (Å²) in [5.41, 5.74) is -2.29. The van der Waals surface area contributed by atoms with Gasteiger partial charge in [-0.05, 0) is 6.07 Å². The summed E-state index contributed by atoms with van der Waals surface area (Å²) in [6.07, 6.45) is 0. The summed E-state index contributed by atoms with van der Waals surface area (Å²) < 4.78 is 40.4. The van der Waals surface area contributed by atoms with Gasteiger partial charge in [0.2, 0.25) is 5.75 Å². The van der Waals surface area contributed by atoms with Gasteiger partial charge >= 0.3 is 18.3 Å². The molecule has 1 N–H and O–H groups in total. The molecule has 0 radical (unpaired) electrons. The van der Waals surface area contributed by atoms with E-state index < -0.39 is 40.3 Å². The summed E-state index contributed by atoms with van der Waals surface area (Å²) in [5, 5.41) is 19.1. The minimum atomic E-state index is -3.43. The first kappa shape index (κ1) is 12.7. The van der Waals surface area contributed by atoms with Gasteiger partial charge in [0.15, 0.2) is 0 Å². The number of nitrogens with zero attached hydrogens (tertiary/aromatic N) is 1. The number of hydrogen-bond acceptors (Lipinski definition) is 4. The molecule has 9 heteroatoms. The molecule has 92 valence electrons. The van der Waals surface area contributed by atoms with Gasteiger partial charge in [0.05, 0.1) is 4.92 Å². The highest BCUT2D eigenvalue weighted by atomic mass is 19.3. The Morgan fingerprint density at radius 1 is 1.47 bits per heavy atom. The van der Waals surface area contributed by atoms with Crippen molar-refractivity contribution in [2.24, 2.45) is 0 Å². The van der Waals surface area contributed by atoms with Gasteiger partial charge in [-0.15, -0.1) is 0 Å². The number of carboxylic acids is 1. The molecule has 0 saturated carbocycles. The summed E-state index contributed by atoms with van der Waals surface area (Å²) in [7, 11) is 0. The first-order valence-corrected chi connectivity index (χ1v) is 3.99. The monoisotopic (exact) mass is 251 g/mol. The van der Waals surface area contributed by atoms with E-state index in [0.717, 1.165) is 0 Å². The fourth-order valence-corrected chi connectivity index (χ4v) is 1.11. The Bertz CT molecular complexity index is 476. The van der Waals surface area contributed by atoms with Crippen molar-refractivity contribution in [3.8, 4) is 5.75 Å². The molecule has 0 spiro atoms. The number of nitro groups is 1. The van der Waals surface area contributed by atoms with Crippen LogP contribution in [0.3, 0.4) is 0 Å². The van der Waals surface area contributed by atoms with Crippen molar-refractivity contribution in [2.45, 2.75) is 6.61 Å². The van der Waals surface area contributed by atoms with Crippen LogP contribution in [0.25, 0.3) is 0 Å². The highest BCUT2D eigenvalue weighted by molar-refractivity contribution is 5.93. The lowest BCUT2D eigenvalue weighted by Crippen LogP contribution is -2.09. The Morgan fingerprint density at radius 2 is 2.06 bits per heavy atom. The van der Waals surface area contributed by atoms with Gasteiger partial charge in [-0.3, -0.25) is 10.1 Å². The summed E-state index contributed by atoms with van der Waals surface area (Å²) in [6, 6.07) is 0.662. The third-order valence-electron chi connectivity index (χ3n) is 1.67. The van der Waals surface area contributed by atoms with E-state index in [-0.39, 0.29) is 0 Å². The van der Waals surface area contributed by atoms with Gasteiger partial charge in [-0.2, -0.15) is 8.78 Å². The number of alkyl halides is 2. The Hall–Kier alpha value is -2.32. The van der Waals surface area contributed by atoms with Crippen molar-refractivity contribution in [1.29, 1.82) is 0 Å². The summed E-state index contributed by atoms with van der Waals surface area (Å²) >= 11 is 0. The number of aromatic carboxylic acids is 1. The van der Waals surface area contributed by atoms with Gasteiger partial charge < -0.3 is 9.84 Å². The number of ether oxygens (including phenoxy) is 1.